The first-order valence-corrected chi connectivity index (χ1v) is 13.2. The van der Waals surface area contributed by atoms with Crippen molar-refractivity contribution < 1.29 is 4.79 Å². The molecule has 0 saturated heterocycles. The Bertz CT molecular complexity index is 1670. The predicted molar refractivity (Wildman–Crippen MR) is 147 cm³/mol. The van der Waals surface area contributed by atoms with Crippen LogP contribution in [0.2, 0.25) is 5.02 Å². The normalized spacial score (nSPS) is 15.7. The van der Waals surface area contributed by atoms with Crippen molar-refractivity contribution in [2.45, 2.75) is 26.8 Å². The Kier molecular flexibility index (Phi) is 6.65. The monoisotopic (exact) mass is 515 g/mol. The summed E-state index contributed by atoms with van der Waals surface area (Å²) >= 11 is 7.52. The molecule has 0 bridgehead atoms. The minimum Gasteiger partial charge on any atom is -0.339 e. The minimum atomic E-state index is -0.582. The Morgan fingerprint density at radius 3 is 2.47 bits per heavy atom. The third kappa shape index (κ3) is 4.21. The van der Waals surface area contributed by atoms with E-state index in [2.05, 4.69) is 18.2 Å². The maximum atomic E-state index is 13.9. The summed E-state index contributed by atoms with van der Waals surface area (Å²) in [5.74, 6) is -0.107. The number of nitrogens with zero attached hydrogens (tertiary/aromatic N) is 3. The summed E-state index contributed by atoms with van der Waals surface area (Å²) in [7, 11) is 0. The smallest absolute Gasteiger partial charge is 0.271 e. The number of carbonyl (C=O) groups is 1. The second kappa shape index (κ2) is 9.88. The van der Waals surface area contributed by atoms with Crippen molar-refractivity contribution in [3.05, 3.63) is 114 Å². The highest BCUT2D eigenvalue weighted by Crippen LogP contribution is 2.32. The SMILES string of the molecule is CCN(CC)C(=O)C1=C(C)N=c2s/c(=C/c3cccc4ccccc34)c(=O)n2[C@H]1c1ccc(Cl)cc1. The number of thiazole rings is 1. The highest BCUT2D eigenvalue weighted by atomic mass is 35.5. The van der Waals surface area contributed by atoms with Crippen molar-refractivity contribution in [3.8, 4) is 0 Å². The quantitative estimate of drug-likeness (QED) is 0.379. The number of aromatic nitrogens is 1. The van der Waals surface area contributed by atoms with Crippen LogP contribution in [0.3, 0.4) is 0 Å². The largest absolute Gasteiger partial charge is 0.339 e. The molecule has 1 aliphatic rings. The van der Waals surface area contributed by atoms with Gasteiger partial charge in [-0.25, -0.2) is 4.99 Å². The van der Waals surface area contributed by atoms with Gasteiger partial charge in [-0.3, -0.25) is 14.2 Å². The molecule has 7 heteroatoms. The molecule has 0 radical (unpaired) electrons. The molecule has 0 aliphatic carbocycles. The van der Waals surface area contributed by atoms with E-state index in [0.29, 0.717) is 38.7 Å². The number of likely N-dealkylation sites (N-methyl/N-ethyl adjacent to an activating group) is 1. The van der Waals surface area contributed by atoms with Crippen LogP contribution in [-0.4, -0.2) is 28.5 Å². The highest BCUT2D eigenvalue weighted by molar-refractivity contribution is 7.07. The number of halogens is 1. The molecular weight excluding hydrogens is 490 g/mol. The molecule has 5 nitrogen and oxygen atoms in total. The standard InChI is InChI=1S/C29H26ClN3O2S/c1-4-32(5-2)28(35)25-18(3)31-29-33(26(25)20-13-15-22(30)16-14-20)27(34)24(36-29)17-21-11-8-10-19-9-6-7-12-23(19)21/h6-17,26H,4-5H2,1-3H3/b24-17+/t26-/m0/s1. The Balaban J connectivity index is 1.75. The van der Waals surface area contributed by atoms with Crippen molar-refractivity contribution in [1.82, 2.24) is 9.47 Å². The molecule has 5 rings (SSSR count). The van der Waals surface area contributed by atoms with Crippen LogP contribution in [0.4, 0.5) is 0 Å². The van der Waals surface area contributed by atoms with Crippen LogP contribution in [0.1, 0.15) is 37.9 Å². The molecule has 1 atom stereocenters. The van der Waals surface area contributed by atoms with E-state index in [9.17, 15) is 9.59 Å². The minimum absolute atomic E-state index is 0.107. The van der Waals surface area contributed by atoms with Crippen LogP contribution < -0.4 is 14.9 Å². The van der Waals surface area contributed by atoms with E-state index in [1.165, 1.54) is 11.3 Å². The number of hydrogen-bond donors (Lipinski definition) is 0. The zero-order valence-corrected chi connectivity index (χ0v) is 21.9. The zero-order valence-electron chi connectivity index (χ0n) is 20.4. The Morgan fingerprint density at radius 1 is 1.06 bits per heavy atom. The molecule has 0 saturated carbocycles. The number of carbonyl (C=O) groups excluding carboxylic acids is 1. The Morgan fingerprint density at radius 2 is 1.75 bits per heavy atom. The third-order valence-corrected chi connectivity index (χ3v) is 7.83. The number of rotatable bonds is 5. The molecule has 36 heavy (non-hydrogen) atoms. The maximum Gasteiger partial charge on any atom is 0.271 e. The topological polar surface area (TPSA) is 54.7 Å². The average Bonchev–Trinajstić information content (AvgIpc) is 3.19. The van der Waals surface area contributed by atoms with Gasteiger partial charge >= 0.3 is 0 Å². The summed E-state index contributed by atoms with van der Waals surface area (Å²) in [6.07, 6.45) is 1.93. The predicted octanol–water partition coefficient (Wildman–Crippen LogP) is 4.91. The van der Waals surface area contributed by atoms with Gasteiger partial charge in [0.25, 0.3) is 11.5 Å². The summed E-state index contributed by atoms with van der Waals surface area (Å²) in [5, 5.41) is 2.79. The fourth-order valence-corrected chi connectivity index (χ4v) is 5.92. The molecule has 0 fully saturated rings. The Hall–Kier alpha value is -3.48. The van der Waals surface area contributed by atoms with Gasteiger partial charge in [0.05, 0.1) is 21.8 Å². The van der Waals surface area contributed by atoms with Gasteiger partial charge in [-0.2, -0.15) is 0 Å². The van der Waals surface area contributed by atoms with Crippen LogP contribution >= 0.6 is 22.9 Å². The molecule has 1 aromatic heterocycles. The number of fused-ring (bicyclic) bond motifs is 2. The highest BCUT2D eigenvalue weighted by Gasteiger charge is 2.34. The maximum absolute atomic E-state index is 13.9. The van der Waals surface area contributed by atoms with Crippen LogP contribution in [0, 0.1) is 0 Å². The van der Waals surface area contributed by atoms with Crippen LogP contribution in [0.25, 0.3) is 16.8 Å². The van der Waals surface area contributed by atoms with E-state index in [-0.39, 0.29) is 11.5 Å². The molecule has 2 heterocycles. The molecule has 182 valence electrons. The van der Waals surface area contributed by atoms with E-state index < -0.39 is 6.04 Å². The molecule has 1 aliphatic heterocycles. The first-order chi connectivity index (χ1) is 17.4. The number of hydrogen-bond acceptors (Lipinski definition) is 4. The lowest BCUT2D eigenvalue weighted by molar-refractivity contribution is -0.127. The van der Waals surface area contributed by atoms with Gasteiger partial charge in [0.2, 0.25) is 0 Å². The second-order valence-electron chi connectivity index (χ2n) is 8.68. The average molecular weight is 516 g/mol. The van der Waals surface area contributed by atoms with Gasteiger partial charge < -0.3 is 4.90 Å². The van der Waals surface area contributed by atoms with E-state index in [0.717, 1.165) is 21.9 Å². The summed E-state index contributed by atoms with van der Waals surface area (Å²) in [5.41, 5.74) is 2.78. The Labute approximate surface area is 218 Å². The lowest BCUT2D eigenvalue weighted by Gasteiger charge is -2.29. The first kappa shape index (κ1) is 24.2. The van der Waals surface area contributed by atoms with Crippen LogP contribution in [0.15, 0.2) is 87.8 Å². The van der Waals surface area contributed by atoms with Crippen LogP contribution in [0.5, 0.6) is 0 Å². The molecule has 0 spiro atoms. The van der Waals surface area contributed by atoms with Crippen molar-refractivity contribution >= 4 is 45.7 Å². The summed E-state index contributed by atoms with van der Waals surface area (Å²) in [6.45, 7) is 6.90. The zero-order chi connectivity index (χ0) is 25.4. The lowest BCUT2D eigenvalue weighted by Crippen LogP contribution is -2.43. The van der Waals surface area contributed by atoms with Crippen molar-refractivity contribution in [2.75, 3.05) is 13.1 Å². The van der Waals surface area contributed by atoms with E-state index in [1.54, 1.807) is 21.6 Å². The summed E-state index contributed by atoms with van der Waals surface area (Å²) in [6, 6.07) is 20.9. The third-order valence-electron chi connectivity index (χ3n) is 6.60. The molecule has 3 aromatic carbocycles. The van der Waals surface area contributed by atoms with E-state index >= 15 is 0 Å². The molecule has 0 N–H and O–H groups in total. The lowest BCUT2D eigenvalue weighted by atomic mass is 9.94. The second-order valence-corrected chi connectivity index (χ2v) is 10.1. The molecule has 4 aromatic rings. The molecule has 0 unspecified atom stereocenters. The summed E-state index contributed by atoms with van der Waals surface area (Å²) < 4.78 is 2.24. The van der Waals surface area contributed by atoms with Gasteiger partial charge in [-0.1, -0.05) is 77.5 Å². The van der Waals surface area contributed by atoms with Crippen LogP contribution in [-0.2, 0) is 4.79 Å². The number of amides is 1. The molecule has 1 amide bonds. The number of benzene rings is 3. The molecular formula is C29H26ClN3O2S. The van der Waals surface area contributed by atoms with E-state index in [4.69, 9.17) is 16.6 Å². The first-order valence-electron chi connectivity index (χ1n) is 12.0. The van der Waals surface area contributed by atoms with Gasteiger partial charge in [-0.05, 0) is 60.9 Å². The van der Waals surface area contributed by atoms with Gasteiger partial charge in [0.15, 0.2) is 4.80 Å². The summed E-state index contributed by atoms with van der Waals surface area (Å²) in [4.78, 5) is 34.6. The van der Waals surface area contributed by atoms with Crippen molar-refractivity contribution in [2.24, 2.45) is 4.99 Å². The van der Waals surface area contributed by atoms with Gasteiger partial charge in [-0.15, -0.1) is 0 Å². The van der Waals surface area contributed by atoms with Crippen molar-refractivity contribution in [3.63, 3.8) is 0 Å². The van der Waals surface area contributed by atoms with Crippen molar-refractivity contribution in [1.29, 1.82) is 0 Å². The van der Waals surface area contributed by atoms with E-state index in [1.807, 2.05) is 63.2 Å². The van der Waals surface area contributed by atoms with Gasteiger partial charge in [0, 0.05) is 18.1 Å². The fraction of sp³-hybridized carbons (Fsp3) is 0.207. The fourth-order valence-electron chi connectivity index (χ4n) is 4.75. The van der Waals surface area contributed by atoms with Gasteiger partial charge in [0.1, 0.15) is 0 Å². The number of allylic oxidation sites excluding steroid dienone is 1.